The first-order chi connectivity index (χ1) is 12.8. The van der Waals surface area contributed by atoms with E-state index in [1.807, 2.05) is 13.8 Å². The van der Waals surface area contributed by atoms with Crippen LogP contribution in [-0.4, -0.2) is 33.3 Å². The number of carbonyl (C=O) groups is 1. The van der Waals surface area contributed by atoms with Crippen LogP contribution in [-0.2, 0) is 0 Å². The summed E-state index contributed by atoms with van der Waals surface area (Å²) in [5, 5.41) is 3.40. The van der Waals surface area contributed by atoms with Crippen LogP contribution >= 0.6 is 23.2 Å². The summed E-state index contributed by atoms with van der Waals surface area (Å²) in [6.45, 7) is 3.74. The molecule has 0 aliphatic rings. The lowest BCUT2D eigenvalue weighted by molar-refractivity contribution is 0.102. The lowest BCUT2D eigenvalue weighted by atomic mass is 10.1. The van der Waals surface area contributed by atoms with Crippen molar-refractivity contribution in [3.63, 3.8) is 0 Å². The molecule has 0 aliphatic carbocycles. The van der Waals surface area contributed by atoms with Crippen LogP contribution in [0.25, 0.3) is 0 Å². The maximum absolute atomic E-state index is 12.7. The molecular formula is C19H21Cl2NO5. The molecule has 2 rings (SSSR count). The molecule has 1 N–H and O–H groups in total. The maximum Gasteiger partial charge on any atom is 0.255 e. The van der Waals surface area contributed by atoms with Crippen LogP contribution in [0.3, 0.4) is 0 Å². The molecule has 0 unspecified atom stereocenters. The monoisotopic (exact) mass is 413 g/mol. The lowest BCUT2D eigenvalue weighted by Gasteiger charge is -2.17. The Morgan fingerprint density at radius 3 is 2.07 bits per heavy atom. The number of rotatable bonds is 7. The standard InChI is InChI=1S/C19H21Cl2NO5/c1-10(2)27-18-13(21)6-11(7-17(18)26-5)19(23)22-14-9-15(24-3)12(20)8-16(14)25-4/h6-10H,1-5H3,(H,22,23). The van der Waals surface area contributed by atoms with E-state index in [1.54, 1.807) is 18.2 Å². The van der Waals surface area contributed by atoms with Gasteiger partial charge in [0.2, 0.25) is 0 Å². The quantitative estimate of drug-likeness (QED) is 0.686. The number of nitrogens with one attached hydrogen (secondary N) is 1. The molecule has 0 saturated heterocycles. The predicted octanol–water partition coefficient (Wildman–Crippen LogP) is 5.06. The van der Waals surface area contributed by atoms with Gasteiger partial charge in [0, 0.05) is 17.7 Å². The number of halogens is 2. The molecule has 146 valence electrons. The predicted molar refractivity (Wildman–Crippen MR) is 106 cm³/mol. The molecule has 0 aromatic heterocycles. The van der Waals surface area contributed by atoms with Crippen molar-refractivity contribution in [1.82, 2.24) is 0 Å². The highest BCUT2D eigenvalue weighted by molar-refractivity contribution is 6.33. The van der Waals surface area contributed by atoms with E-state index < -0.39 is 5.91 Å². The molecule has 0 atom stereocenters. The summed E-state index contributed by atoms with van der Waals surface area (Å²) < 4.78 is 21.4. The van der Waals surface area contributed by atoms with Gasteiger partial charge in [0.1, 0.15) is 11.5 Å². The van der Waals surface area contributed by atoms with Crippen LogP contribution in [0.15, 0.2) is 24.3 Å². The van der Waals surface area contributed by atoms with Crippen LogP contribution < -0.4 is 24.3 Å². The maximum atomic E-state index is 12.7. The molecule has 2 aromatic rings. The van der Waals surface area contributed by atoms with Crippen molar-refractivity contribution >= 4 is 34.8 Å². The highest BCUT2D eigenvalue weighted by Crippen LogP contribution is 2.39. The second kappa shape index (κ2) is 9.06. The highest BCUT2D eigenvalue weighted by Gasteiger charge is 2.19. The third-order valence-electron chi connectivity index (χ3n) is 3.57. The van der Waals surface area contributed by atoms with Crippen LogP contribution in [0, 0.1) is 0 Å². The lowest BCUT2D eigenvalue weighted by Crippen LogP contribution is -2.14. The zero-order valence-electron chi connectivity index (χ0n) is 15.7. The molecule has 2 aromatic carbocycles. The van der Waals surface area contributed by atoms with E-state index in [4.69, 9.17) is 42.1 Å². The van der Waals surface area contributed by atoms with Gasteiger partial charge in [-0.1, -0.05) is 23.2 Å². The number of hydrogen-bond donors (Lipinski definition) is 1. The minimum Gasteiger partial charge on any atom is -0.495 e. The van der Waals surface area contributed by atoms with Gasteiger partial charge in [-0.3, -0.25) is 4.79 Å². The van der Waals surface area contributed by atoms with E-state index in [0.29, 0.717) is 39.3 Å². The van der Waals surface area contributed by atoms with E-state index in [9.17, 15) is 4.79 Å². The zero-order chi connectivity index (χ0) is 20.1. The van der Waals surface area contributed by atoms with Crippen molar-refractivity contribution in [3.8, 4) is 23.0 Å². The van der Waals surface area contributed by atoms with Gasteiger partial charge >= 0.3 is 0 Å². The van der Waals surface area contributed by atoms with Crippen molar-refractivity contribution in [1.29, 1.82) is 0 Å². The van der Waals surface area contributed by atoms with Crippen LogP contribution in [0.4, 0.5) is 5.69 Å². The SMILES string of the molecule is COc1cc(NC(=O)c2cc(Cl)c(OC(C)C)c(OC)c2)c(OC)cc1Cl. The second-order valence-corrected chi connectivity index (χ2v) is 6.61. The Bertz CT molecular complexity index is 839. The van der Waals surface area contributed by atoms with Gasteiger partial charge < -0.3 is 24.3 Å². The van der Waals surface area contributed by atoms with Crippen LogP contribution in [0.2, 0.25) is 10.0 Å². The van der Waals surface area contributed by atoms with E-state index in [1.165, 1.54) is 27.4 Å². The Labute approximate surface area is 168 Å². The van der Waals surface area contributed by atoms with Gasteiger partial charge in [0.05, 0.1) is 43.2 Å². The van der Waals surface area contributed by atoms with E-state index >= 15 is 0 Å². The number of ether oxygens (including phenoxy) is 4. The first kappa shape index (κ1) is 21.0. The number of amides is 1. The van der Waals surface area contributed by atoms with Crippen molar-refractivity contribution in [2.75, 3.05) is 26.6 Å². The van der Waals surface area contributed by atoms with Gasteiger partial charge in [0.15, 0.2) is 11.5 Å². The Morgan fingerprint density at radius 1 is 0.889 bits per heavy atom. The molecule has 0 saturated carbocycles. The van der Waals surface area contributed by atoms with E-state index in [2.05, 4.69) is 5.32 Å². The van der Waals surface area contributed by atoms with Gasteiger partial charge in [0.25, 0.3) is 5.91 Å². The Morgan fingerprint density at radius 2 is 1.52 bits per heavy atom. The summed E-state index contributed by atoms with van der Waals surface area (Å²) >= 11 is 12.4. The zero-order valence-corrected chi connectivity index (χ0v) is 17.2. The van der Waals surface area contributed by atoms with Crippen molar-refractivity contribution < 1.29 is 23.7 Å². The number of benzene rings is 2. The highest BCUT2D eigenvalue weighted by atomic mass is 35.5. The van der Waals surface area contributed by atoms with Gasteiger partial charge in [-0.05, 0) is 26.0 Å². The molecule has 0 aliphatic heterocycles. The molecule has 0 radical (unpaired) electrons. The summed E-state index contributed by atoms with van der Waals surface area (Å²) in [4.78, 5) is 12.7. The van der Waals surface area contributed by atoms with Crippen molar-refractivity contribution in [2.24, 2.45) is 0 Å². The molecule has 0 spiro atoms. The van der Waals surface area contributed by atoms with Gasteiger partial charge in [-0.2, -0.15) is 0 Å². The fraction of sp³-hybridized carbons (Fsp3) is 0.316. The molecule has 0 bridgehead atoms. The molecule has 0 fully saturated rings. The Hall–Kier alpha value is -2.31. The molecule has 6 nitrogen and oxygen atoms in total. The fourth-order valence-electron chi connectivity index (χ4n) is 2.35. The average Bonchev–Trinajstić information content (AvgIpc) is 2.63. The first-order valence-corrected chi connectivity index (χ1v) is 8.83. The fourth-order valence-corrected chi connectivity index (χ4v) is 2.84. The summed E-state index contributed by atoms with van der Waals surface area (Å²) in [5.74, 6) is 1.14. The number of methoxy groups -OCH3 is 3. The van der Waals surface area contributed by atoms with Crippen molar-refractivity contribution in [3.05, 3.63) is 39.9 Å². The third kappa shape index (κ3) is 4.90. The summed E-state index contributed by atoms with van der Waals surface area (Å²) in [6.07, 6.45) is -0.0955. The molecule has 27 heavy (non-hydrogen) atoms. The Kier molecular flexibility index (Phi) is 7.05. The van der Waals surface area contributed by atoms with Gasteiger partial charge in [-0.15, -0.1) is 0 Å². The van der Waals surface area contributed by atoms with Crippen LogP contribution in [0.1, 0.15) is 24.2 Å². The summed E-state index contributed by atoms with van der Waals surface area (Å²) in [5.41, 5.74) is 0.699. The minimum absolute atomic E-state index is 0.0955. The molecule has 1 amide bonds. The average molecular weight is 414 g/mol. The molecule has 8 heteroatoms. The van der Waals surface area contributed by atoms with E-state index in [-0.39, 0.29) is 11.1 Å². The smallest absolute Gasteiger partial charge is 0.255 e. The number of carbonyl (C=O) groups excluding carboxylic acids is 1. The first-order valence-electron chi connectivity index (χ1n) is 8.07. The number of anilines is 1. The summed E-state index contributed by atoms with van der Waals surface area (Å²) in [6, 6.07) is 6.20. The normalized spacial score (nSPS) is 10.5. The molecule has 0 heterocycles. The minimum atomic E-state index is -0.408. The topological polar surface area (TPSA) is 66.0 Å². The van der Waals surface area contributed by atoms with Crippen molar-refractivity contribution in [2.45, 2.75) is 20.0 Å². The molecular weight excluding hydrogens is 393 g/mol. The third-order valence-corrected chi connectivity index (χ3v) is 4.14. The number of hydrogen-bond acceptors (Lipinski definition) is 5. The van der Waals surface area contributed by atoms with Gasteiger partial charge in [-0.25, -0.2) is 0 Å². The summed E-state index contributed by atoms with van der Waals surface area (Å²) in [7, 11) is 4.44. The second-order valence-electron chi connectivity index (χ2n) is 5.80. The largest absolute Gasteiger partial charge is 0.495 e. The van der Waals surface area contributed by atoms with E-state index in [0.717, 1.165) is 0 Å². The van der Waals surface area contributed by atoms with Crippen LogP contribution in [0.5, 0.6) is 23.0 Å². The Balaban J connectivity index is 2.37.